The van der Waals surface area contributed by atoms with Gasteiger partial charge in [0, 0.05) is 60.4 Å². The van der Waals surface area contributed by atoms with Crippen molar-refractivity contribution in [2.75, 3.05) is 27.3 Å². The lowest BCUT2D eigenvalue weighted by Gasteiger charge is -2.21. The Kier molecular flexibility index (Phi) is 9.98. The number of aromatic nitrogens is 4. The van der Waals surface area contributed by atoms with Crippen molar-refractivity contribution in [1.29, 1.82) is 0 Å². The van der Waals surface area contributed by atoms with Crippen molar-refractivity contribution in [2.45, 2.75) is 57.8 Å². The Morgan fingerprint density at radius 3 is 2.02 bits per heavy atom. The minimum absolute atomic E-state index is 0.0891. The van der Waals surface area contributed by atoms with Crippen molar-refractivity contribution in [3.63, 3.8) is 0 Å². The molecule has 2 fully saturated rings. The summed E-state index contributed by atoms with van der Waals surface area (Å²) in [7, 11) is 3.18. The smallest absolute Gasteiger partial charge is 0.237 e. The number of nitrogens with zero attached hydrogens (tertiary/aromatic N) is 5. The van der Waals surface area contributed by atoms with Crippen LogP contribution in [0.1, 0.15) is 44.0 Å². The highest BCUT2D eigenvalue weighted by Crippen LogP contribution is 2.42. The molecule has 0 radical (unpaired) electrons. The van der Waals surface area contributed by atoms with E-state index < -0.39 is 0 Å². The quantitative estimate of drug-likeness (QED) is 0.201. The third kappa shape index (κ3) is 6.80. The number of hydrogen-bond donors (Lipinski definition) is 2. The van der Waals surface area contributed by atoms with Crippen LogP contribution >= 0.6 is 23.2 Å². The van der Waals surface area contributed by atoms with Crippen LogP contribution in [0, 0.1) is 0 Å². The van der Waals surface area contributed by atoms with Crippen molar-refractivity contribution in [3.05, 3.63) is 70.2 Å². The number of amides is 1. The van der Waals surface area contributed by atoms with Gasteiger partial charge in [0.1, 0.15) is 11.4 Å². The average Bonchev–Trinajstić information content (AvgIpc) is 3.68. The molecule has 12 heteroatoms. The summed E-state index contributed by atoms with van der Waals surface area (Å²) < 4.78 is 11.2. The van der Waals surface area contributed by atoms with Gasteiger partial charge >= 0.3 is 0 Å². The maximum Gasteiger partial charge on any atom is 0.237 e. The number of rotatable bonds is 11. The van der Waals surface area contributed by atoms with Crippen molar-refractivity contribution in [1.82, 2.24) is 35.5 Å². The highest BCUT2D eigenvalue weighted by atomic mass is 35.5. The van der Waals surface area contributed by atoms with Crippen molar-refractivity contribution < 1.29 is 14.3 Å². The molecule has 0 saturated carbocycles. The molecule has 46 heavy (non-hydrogen) atoms. The topological polar surface area (TPSA) is 114 Å². The third-order valence-electron chi connectivity index (χ3n) is 8.66. The maximum absolute atomic E-state index is 11.5. The van der Waals surface area contributed by atoms with Crippen LogP contribution in [0.5, 0.6) is 11.8 Å². The SMILES string of the molecule is COc1nc(-c2cccc(-c3cccc(-c4cnc(CN5CCC[C@H]5C)c(OC)n4)c3Cl)c2Cl)cnc1CNC[C@@H]1CCC(=O)N1. The van der Waals surface area contributed by atoms with Gasteiger partial charge in [0.05, 0.1) is 48.0 Å². The summed E-state index contributed by atoms with van der Waals surface area (Å²) in [6.07, 6.45) is 7.20. The molecule has 0 unspecified atom stereocenters. The molecule has 2 aromatic carbocycles. The van der Waals surface area contributed by atoms with E-state index in [9.17, 15) is 4.79 Å². The number of methoxy groups -OCH3 is 2. The highest BCUT2D eigenvalue weighted by Gasteiger charge is 2.24. The fourth-order valence-electron chi connectivity index (χ4n) is 6.10. The van der Waals surface area contributed by atoms with Crippen LogP contribution in [-0.4, -0.2) is 70.1 Å². The zero-order valence-corrected chi connectivity index (χ0v) is 27.7. The van der Waals surface area contributed by atoms with Gasteiger partial charge in [0.15, 0.2) is 0 Å². The van der Waals surface area contributed by atoms with Crippen LogP contribution in [-0.2, 0) is 17.9 Å². The number of carbonyl (C=O) groups is 1. The first-order valence-electron chi connectivity index (χ1n) is 15.5. The second-order valence-electron chi connectivity index (χ2n) is 11.7. The van der Waals surface area contributed by atoms with Gasteiger partial charge in [-0.15, -0.1) is 0 Å². The third-order valence-corrected chi connectivity index (χ3v) is 9.48. The molecular formula is C34H37Cl2N7O3. The lowest BCUT2D eigenvalue weighted by atomic mass is 9.98. The monoisotopic (exact) mass is 661 g/mol. The van der Waals surface area contributed by atoms with E-state index in [2.05, 4.69) is 27.4 Å². The summed E-state index contributed by atoms with van der Waals surface area (Å²) in [5, 5.41) is 7.28. The van der Waals surface area contributed by atoms with E-state index in [-0.39, 0.29) is 11.9 Å². The summed E-state index contributed by atoms with van der Waals surface area (Å²) in [5.41, 5.74) is 5.58. The lowest BCUT2D eigenvalue weighted by Crippen LogP contribution is -2.35. The summed E-state index contributed by atoms with van der Waals surface area (Å²) >= 11 is 14.1. The number of benzene rings is 2. The van der Waals surface area contributed by atoms with Gasteiger partial charge < -0.3 is 20.1 Å². The van der Waals surface area contributed by atoms with Crippen LogP contribution in [0.2, 0.25) is 10.0 Å². The molecule has 2 N–H and O–H groups in total. The van der Waals surface area contributed by atoms with E-state index in [0.717, 1.165) is 35.3 Å². The van der Waals surface area contributed by atoms with Crippen LogP contribution in [0.15, 0.2) is 48.8 Å². The zero-order valence-electron chi connectivity index (χ0n) is 26.1. The molecule has 2 atom stereocenters. The molecule has 6 rings (SSSR count). The normalized spacial score (nSPS) is 18.2. The van der Waals surface area contributed by atoms with E-state index in [1.54, 1.807) is 26.6 Å². The van der Waals surface area contributed by atoms with Gasteiger partial charge in [-0.25, -0.2) is 9.97 Å². The number of carbonyl (C=O) groups excluding carboxylic acids is 1. The lowest BCUT2D eigenvalue weighted by molar-refractivity contribution is -0.119. The van der Waals surface area contributed by atoms with Gasteiger partial charge in [-0.1, -0.05) is 59.6 Å². The first-order chi connectivity index (χ1) is 22.4. The Bertz CT molecular complexity index is 1740. The fraction of sp³-hybridized carbons (Fsp3) is 0.382. The Morgan fingerprint density at radius 1 is 0.891 bits per heavy atom. The van der Waals surface area contributed by atoms with Crippen LogP contribution in [0.25, 0.3) is 33.6 Å². The average molecular weight is 663 g/mol. The summed E-state index contributed by atoms with van der Waals surface area (Å²) in [5.74, 6) is 0.984. The molecule has 0 spiro atoms. The van der Waals surface area contributed by atoms with E-state index in [1.165, 1.54) is 12.8 Å². The number of halogens is 2. The Hall–Kier alpha value is -3.83. The molecule has 2 aromatic heterocycles. The summed E-state index contributed by atoms with van der Waals surface area (Å²) in [6, 6.07) is 12.1. The van der Waals surface area contributed by atoms with Crippen LogP contribution < -0.4 is 20.1 Å². The van der Waals surface area contributed by atoms with Gasteiger partial charge in [0.25, 0.3) is 0 Å². The summed E-state index contributed by atoms with van der Waals surface area (Å²) in [6.45, 7) is 5.07. The summed E-state index contributed by atoms with van der Waals surface area (Å²) in [4.78, 5) is 32.8. The number of likely N-dealkylation sites (tertiary alicyclic amines) is 1. The van der Waals surface area contributed by atoms with Crippen LogP contribution in [0.3, 0.4) is 0 Å². The highest BCUT2D eigenvalue weighted by molar-refractivity contribution is 6.39. The molecule has 0 bridgehead atoms. The maximum atomic E-state index is 11.5. The second-order valence-corrected chi connectivity index (χ2v) is 12.4. The molecule has 240 valence electrons. The van der Waals surface area contributed by atoms with Crippen molar-refractivity contribution >= 4 is 29.1 Å². The predicted molar refractivity (Wildman–Crippen MR) is 179 cm³/mol. The molecule has 4 heterocycles. The fourth-order valence-corrected chi connectivity index (χ4v) is 6.75. The second kappa shape index (κ2) is 14.3. The molecular weight excluding hydrogens is 625 g/mol. The van der Waals surface area contributed by atoms with E-state index >= 15 is 0 Å². The van der Waals surface area contributed by atoms with Crippen molar-refractivity contribution in [3.8, 4) is 45.4 Å². The molecule has 4 aromatic rings. The molecule has 2 aliphatic rings. The first kappa shape index (κ1) is 32.1. The number of ether oxygens (including phenoxy) is 2. The van der Waals surface area contributed by atoms with E-state index in [1.807, 2.05) is 36.4 Å². The van der Waals surface area contributed by atoms with Crippen LogP contribution in [0.4, 0.5) is 0 Å². The van der Waals surface area contributed by atoms with Gasteiger partial charge in [-0.2, -0.15) is 0 Å². The zero-order chi connectivity index (χ0) is 32.2. The van der Waals surface area contributed by atoms with Gasteiger partial charge in [-0.05, 0) is 32.7 Å². The van der Waals surface area contributed by atoms with E-state index in [4.69, 9.17) is 47.6 Å². The largest absolute Gasteiger partial charge is 0.480 e. The molecule has 0 aliphatic carbocycles. The minimum Gasteiger partial charge on any atom is -0.480 e. The molecule has 2 saturated heterocycles. The number of hydrogen-bond acceptors (Lipinski definition) is 9. The molecule has 2 aliphatic heterocycles. The van der Waals surface area contributed by atoms with Gasteiger partial charge in [0.2, 0.25) is 17.7 Å². The van der Waals surface area contributed by atoms with Crippen molar-refractivity contribution in [2.24, 2.45) is 0 Å². The minimum atomic E-state index is 0.0891. The molecule has 10 nitrogen and oxygen atoms in total. The molecule has 1 amide bonds. The van der Waals surface area contributed by atoms with E-state index in [0.29, 0.717) is 76.5 Å². The standard InChI is InChI=1S/C34H37Cl2N7O3/c1-20-7-6-14-43(20)19-29-34(46-3)42-27(18-39-29)25-11-5-9-23(32(25)36)22-8-4-10-24(31(22)35)26-17-38-28(33(41-26)45-2)16-37-15-21-12-13-30(44)40-21/h4-5,8-11,17-18,20-21,37H,6-7,12-16,19H2,1-3H3,(H,40,44)/t20-,21+/m1/s1. The Balaban J connectivity index is 1.25. The Labute approximate surface area is 278 Å². The Morgan fingerprint density at radius 2 is 1.48 bits per heavy atom. The predicted octanol–water partition coefficient (Wildman–Crippen LogP) is 5.94. The first-order valence-corrected chi connectivity index (χ1v) is 16.2. The number of nitrogens with one attached hydrogen (secondary N) is 2. The van der Waals surface area contributed by atoms with Gasteiger partial charge in [-0.3, -0.25) is 19.7 Å².